The van der Waals surface area contributed by atoms with Gasteiger partial charge in [-0.25, -0.2) is 0 Å². The second-order valence-electron chi connectivity index (χ2n) is 4.16. The van der Waals surface area contributed by atoms with E-state index < -0.39 is 0 Å². The van der Waals surface area contributed by atoms with Crippen LogP contribution in [0.3, 0.4) is 0 Å². The van der Waals surface area contributed by atoms with E-state index in [0.29, 0.717) is 6.04 Å². The van der Waals surface area contributed by atoms with E-state index in [1.165, 1.54) is 0 Å². The number of rotatable bonds is 4. The Kier molecular flexibility index (Phi) is 9.01. The smallest absolute Gasteiger partial charge is 0.148 e. The highest BCUT2D eigenvalue weighted by Gasteiger charge is 2.18. The first-order valence-corrected chi connectivity index (χ1v) is 5.85. The molecule has 0 bridgehead atoms. The quantitative estimate of drug-likeness (QED) is 0.872. The van der Waals surface area contributed by atoms with Gasteiger partial charge in [0, 0.05) is 38.4 Å². The van der Waals surface area contributed by atoms with E-state index in [9.17, 15) is 0 Å². The van der Waals surface area contributed by atoms with Crippen LogP contribution in [0.1, 0.15) is 12.8 Å². The van der Waals surface area contributed by atoms with Crippen LogP contribution < -0.4 is 11.1 Å². The fraction of sp³-hybridized carbons (Fsp3) is 0.636. The fourth-order valence-electron chi connectivity index (χ4n) is 2.07. The molecule has 0 unspecified atom stereocenters. The van der Waals surface area contributed by atoms with Gasteiger partial charge in [0.2, 0.25) is 0 Å². The maximum absolute atomic E-state index is 5.54. The predicted molar refractivity (Wildman–Crippen MR) is 78.7 cm³/mol. The summed E-state index contributed by atoms with van der Waals surface area (Å²) < 4.78 is 0. The third kappa shape index (κ3) is 5.35. The molecule has 0 aliphatic carbocycles. The van der Waals surface area contributed by atoms with Gasteiger partial charge in [-0.3, -0.25) is 0 Å². The highest BCUT2D eigenvalue weighted by atomic mass is 35.5. The number of piperidine rings is 1. The molecule has 1 fully saturated rings. The molecule has 0 amide bonds. The normalized spacial score (nSPS) is 16.5. The first-order valence-electron chi connectivity index (χ1n) is 5.85. The van der Waals surface area contributed by atoms with E-state index in [4.69, 9.17) is 5.73 Å². The Balaban J connectivity index is 0.00000144. The molecule has 104 valence electrons. The van der Waals surface area contributed by atoms with Crippen LogP contribution in [0.2, 0.25) is 0 Å². The topological polar surface area (TPSA) is 67.1 Å². The largest absolute Gasteiger partial charge is 0.366 e. The molecule has 5 nitrogen and oxygen atoms in total. The lowest BCUT2D eigenvalue weighted by molar-refractivity contribution is 0.224. The standard InChI is InChI=1S/C11H19N5.2ClH/c12-5-9-16-7-3-10(4-8-16)14-11-2-1-6-13-15-11;;/h1-2,6,10H,3-5,7-9,12H2,(H,14,15);2*1H. The summed E-state index contributed by atoms with van der Waals surface area (Å²) in [5, 5.41) is 11.3. The van der Waals surface area contributed by atoms with Gasteiger partial charge >= 0.3 is 0 Å². The van der Waals surface area contributed by atoms with E-state index in [0.717, 1.165) is 44.8 Å². The van der Waals surface area contributed by atoms with Crippen molar-refractivity contribution in [3.8, 4) is 0 Å². The summed E-state index contributed by atoms with van der Waals surface area (Å²) in [4.78, 5) is 2.41. The summed E-state index contributed by atoms with van der Waals surface area (Å²) in [6.45, 7) is 4.00. The zero-order valence-corrected chi connectivity index (χ0v) is 11.9. The van der Waals surface area contributed by atoms with Crippen LogP contribution in [-0.4, -0.2) is 47.3 Å². The molecule has 0 aromatic carbocycles. The molecular weight excluding hydrogens is 273 g/mol. The van der Waals surface area contributed by atoms with E-state index in [1.807, 2.05) is 12.1 Å². The summed E-state index contributed by atoms with van der Waals surface area (Å²) in [5.41, 5.74) is 5.54. The van der Waals surface area contributed by atoms with Gasteiger partial charge in [-0.05, 0) is 25.0 Å². The summed E-state index contributed by atoms with van der Waals surface area (Å²) in [5.74, 6) is 0.875. The molecule has 0 atom stereocenters. The van der Waals surface area contributed by atoms with Crippen LogP contribution in [0, 0.1) is 0 Å². The Morgan fingerprint density at radius 2 is 2.06 bits per heavy atom. The Hall–Kier alpha value is -0.620. The van der Waals surface area contributed by atoms with Crippen LogP contribution in [0.15, 0.2) is 18.3 Å². The van der Waals surface area contributed by atoms with Crippen molar-refractivity contribution in [2.24, 2.45) is 5.73 Å². The third-order valence-electron chi connectivity index (χ3n) is 2.96. The molecule has 3 N–H and O–H groups in total. The Bertz CT molecular complexity index is 304. The molecule has 2 rings (SSSR count). The number of nitrogens with one attached hydrogen (secondary N) is 1. The molecule has 1 aliphatic rings. The molecule has 18 heavy (non-hydrogen) atoms. The van der Waals surface area contributed by atoms with Crippen LogP contribution in [0.4, 0.5) is 5.82 Å². The van der Waals surface area contributed by atoms with Gasteiger partial charge in [0.05, 0.1) is 0 Å². The molecule has 1 aromatic heterocycles. The van der Waals surface area contributed by atoms with Gasteiger partial charge in [-0.1, -0.05) is 0 Å². The minimum Gasteiger partial charge on any atom is -0.366 e. The van der Waals surface area contributed by atoms with E-state index in [2.05, 4.69) is 20.4 Å². The molecule has 0 radical (unpaired) electrons. The molecule has 1 aliphatic heterocycles. The van der Waals surface area contributed by atoms with Crippen LogP contribution in [0.25, 0.3) is 0 Å². The average molecular weight is 294 g/mol. The minimum atomic E-state index is 0. The highest BCUT2D eigenvalue weighted by Crippen LogP contribution is 2.13. The lowest BCUT2D eigenvalue weighted by atomic mass is 10.1. The number of anilines is 1. The van der Waals surface area contributed by atoms with Gasteiger partial charge in [0.15, 0.2) is 0 Å². The van der Waals surface area contributed by atoms with E-state index in [-0.39, 0.29) is 24.8 Å². The lowest BCUT2D eigenvalue weighted by Crippen LogP contribution is -2.41. The number of hydrogen-bond acceptors (Lipinski definition) is 5. The van der Waals surface area contributed by atoms with Crippen molar-refractivity contribution >= 4 is 30.6 Å². The summed E-state index contributed by atoms with van der Waals surface area (Å²) in [6, 6.07) is 4.38. The maximum atomic E-state index is 5.54. The molecule has 7 heteroatoms. The van der Waals surface area contributed by atoms with Crippen molar-refractivity contribution in [1.82, 2.24) is 15.1 Å². The predicted octanol–water partition coefficient (Wildman–Crippen LogP) is 1.16. The molecule has 1 saturated heterocycles. The van der Waals surface area contributed by atoms with Crippen molar-refractivity contribution in [3.63, 3.8) is 0 Å². The van der Waals surface area contributed by atoms with Gasteiger partial charge in [-0.15, -0.1) is 29.9 Å². The molecule has 0 saturated carbocycles. The van der Waals surface area contributed by atoms with Gasteiger partial charge in [0.1, 0.15) is 5.82 Å². The Morgan fingerprint density at radius 1 is 1.33 bits per heavy atom. The lowest BCUT2D eigenvalue weighted by Gasteiger charge is -2.32. The van der Waals surface area contributed by atoms with Crippen LogP contribution in [0.5, 0.6) is 0 Å². The van der Waals surface area contributed by atoms with Gasteiger partial charge < -0.3 is 16.0 Å². The SMILES string of the molecule is Cl.Cl.NCCN1CCC(Nc2cccnn2)CC1. The monoisotopic (exact) mass is 293 g/mol. The number of nitrogens with zero attached hydrogens (tertiary/aromatic N) is 3. The second-order valence-corrected chi connectivity index (χ2v) is 4.16. The Morgan fingerprint density at radius 3 is 2.61 bits per heavy atom. The van der Waals surface area contributed by atoms with Crippen molar-refractivity contribution in [2.45, 2.75) is 18.9 Å². The minimum absolute atomic E-state index is 0. The molecular formula is C11H21Cl2N5. The van der Waals surface area contributed by atoms with Gasteiger partial charge in [-0.2, -0.15) is 5.10 Å². The molecule has 2 heterocycles. The average Bonchev–Trinajstić information content (AvgIpc) is 2.33. The summed E-state index contributed by atoms with van der Waals surface area (Å²) in [6.07, 6.45) is 3.99. The van der Waals surface area contributed by atoms with Crippen molar-refractivity contribution in [2.75, 3.05) is 31.5 Å². The summed E-state index contributed by atoms with van der Waals surface area (Å²) in [7, 11) is 0. The first kappa shape index (κ1) is 17.4. The Labute approximate surface area is 120 Å². The third-order valence-corrected chi connectivity index (χ3v) is 2.96. The van der Waals surface area contributed by atoms with E-state index in [1.54, 1.807) is 6.20 Å². The number of nitrogens with two attached hydrogens (primary N) is 1. The first-order chi connectivity index (χ1) is 7.88. The number of halogens is 2. The zero-order chi connectivity index (χ0) is 11.2. The van der Waals surface area contributed by atoms with Crippen molar-refractivity contribution in [3.05, 3.63) is 18.3 Å². The highest BCUT2D eigenvalue weighted by molar-refractivity contribution is 5.85. The number of likely N-dealkylation sites (tertiary alicyclic amines) is 1. The number of hydrogen-bond donors (Lipinski definition) is 2. The summed E-state index contributed by atoms with van der Waals surface area (Å²) >= 11 is 0. The van der Waals surface area contributed by atoms with Gasteiger partial charge in [0.25, 0.3) is 0 Å². The maximum Gasteiger partial charge on any atom is 0.148 e. The zero-order valence-electron chi connectivity index (χ0n) is 10.3. The molecule has 0 spiro atoms. The van der Waals surface area contributed by atoms with Crippen LogP contribution >= 0.6 is 24.8 Å². The van der Waals surface area contributed by atoms with Crippen molar-refractivity contribution in [1.29, 1.82) is 0 Å². The number of aromatic nitrogens is 2. The fourth-order valence-corrected chi connectivity index (χ4v) is 2.07. The van der Waals surface area contributed by atoms with E-state index >= 15 is 0 Å². The van der Waals surface area contributed by atoms with Crippen LogP contribution in [-0.2, 0) is 0 Å². The van der Waals surface area contributed by atoms with Crippen molar-refractivity contribution < 1.29 is 0 Å². The molecule has 1 aromatic rings. The second kappa shape index (κ2) is 9.33.